The third-order valence-corrected chi connectivity index (χ3v) is 7.45. The van der Waals surface area contributed by atoms with Crippen molar-refractivity contribution in [2.45, 2.75) is 31.7 Å². The van der Waals surface area contributed by atoms with Gasteiger partial charge in [0.05, 0.1) is 4.90 Å². The normalized spacial score (nSPS) is 16.1. The maximum Gasteiger partial charge on any atom is 0.251 e. The van der Waals surface area contributed by atoms with Crippen molar-refractivity contribution < 1.29 is 22.4 Å². The van der Waals surface area contributed by atoms with Gasteiger partial charge in [0.15, 0.2) is 0 Å². The van der Waals surface area contributed by atoms with Gasteiger partial charge in [-0.1, -0.05) is 31.5 Å². The van der Waals surface area contributed by atoms with E-state index in [1.807, 2.05) is 20.8 Å². The third-order valence-electron chi connectivity index (χ3n) is 5.53. The maximum absolute atomic E-state index is 13.1. The van der Waals surface area contributed by atoms with Gasteiger partial charge in [0.1, 0.15) is 11.9 Å². The molecule has 0 aliphatic carbocycles. The molecule has 7 nitrogen and oxygen atoms in total. The zero-order chi connectivity index (χ0) is 23.5. The molecule has 1 heterocycles. The Morgan fingerprint density at radius 2 is 1.50 bits per heavy atom. The summed E-state index contributed by atoms with van der Waals surface area (Å²) in [6.07, 6.45) is 0. The molecule has 0 saturated carbocycles. The van der Waals surface area contributed by atoms with Crippen molar-refractivity contribution in [3.05, 3.63) is 65.5 Å². The number of nitrogens with zero attached hydrogens (tertiary/aromatic N) is 2. The molecule has 0 bridgehead atoms. The van der Waals surface area contributed by atoms with Crippen LogP contribution in [-0.2, 0) is 14.8 Å². The molecule has 0 radical (unpaired) electrons. The second-order valence-electron chi connectivity index (χ2n) is 8.24. The van der Waals surface area contributed by atoms with Crippen LogP contribution in [0.3, 0.4) is 0 Å². The van der Waals surface area contributed by atoms with Gasteiger partial charge in [0.25, 0.3) is 5.91 Å². The van der Waals surface area contributed by atoms with Gasteiger partial charge in [-0.2, -0.15) is 4.31 Å². The fourth-order valence-corrected chi connectivity index (χ4v) is 4.97. The Morgan fingerprint density at radius 3 is 2.03 bits per heavy atom. The van der Waals surface area contributed by atoms with Gasteiger partial charge in [-0.05, 0) is 49.2 Å². The predicted molar refractivity (Wildman–Crippen MR) is 119 cm³/mol. The van der Waals surface area contributed by atoms with E-state index in [-0.39, 0.29) is 48.5 Å². The summed E-state index contributed by atoms with van der Waals surface area (Å²) in [5.74, 6) is -1.35. The Morgan fingerprint density at radius 1 is 0.938 bits per heavy atom. The van der Waals surface area contributed by atoms with E-state index in [4.69, 9.17) is 0 Å². The first kappa shape index (κ1) is 23.9. The quantitative estimate of drug-likeness (QED) is 0.716. The highest BCUT2D eigenvalue weighted by Crippen LogP contribution is 2.19. The summed E-state index contributed by atoms with van der Waals surface area (Å²) in [4.78, 5) is 27.4. The van der Waals surface area contributed by atoms with Crippen LogP contribution < -0.4 is 5.32 Å². The molecule has 172 valence electrons. The summed E-state index contributed by atoms with van der Waals surface area (Å²) in [6.45, 7) is 6.37. The standard InChI is InChI=1S/C23H28FN3O4S/c1-16(2)21(25-22(28)18-6-8-19(24)9-7-18)23(29)26-12-14-27(15-13-26)32(30,31)20-10-4-17(3)5-11-20/h4-11,16,21H,12-15H2,1-3H3,(H,25,28)/t21-/m1/s1. The lowest BCUT2D eigenvalue weighted by Crippen LogP contribution is -2.57. The van der Waals surface area contributed by atoms with Gasteiger partial charge >= 0.3 is 0 Å². The number of rotatable bonds is 6. The number of piperazine rings is 1. The Bertz CT molecular complexity index is 1060. The van der Waals surface area contributed by atoms with Crippen molar-refractivity contribution >= 4 is 21.8 Å². The van der Waals surface area contributed by atoms with E-state index < -0.39 is 27.8 Å². The molecule has 32 heavy (non-hydrogen) atoms. The Balaban J connectivity index is 1.65. The highest BCUT2D eigenvalue weighted by Gasteiger charge is 2.34. The summed E-state index contributed by atoms with van der Waals surface area (Å²) in [5.41, 5.74) is 1.24. The number of aryl methyl sites for hydroxylation is 1. The second kappa shape index (κ2) is 9.79. The van der Waals surface area contributed by atoms with Crippen molar-refractivity contribution in [2.75, 3.05) is 26.2 Å². The van der Waals surface area contributed by atoms with E-state index in [1.54, 1.807) is 29.2 Å². The molecule has 2 aromatic rings. The number of hydrogen-bond acceptors (Lipinski definition) is 4. The molecule has 1 fully saturated rings. The molecule has 3 rings (SSSR count). The number of carbonyl (C=O) groups excluding carboxylic acids is 2. The zero-order valence-corrected chi connectivity index (χ0v) is 19.2. The van der Waals surface area contributed by atoms with E-state index in [2.05, 4.69) is 5.32 Å². The van der Waals surface area contributed by atoms with Gasteiger partial charge < -0.3 is 10.2 Å². The van der Waals surface area contributed by atoms with Crippen LogP contribution in [0.25, 0.3) is 0 Å². The molecule has 2 amide bonds. The highest BCUT2D eigenvalue weighted by molar-refractivity contribution is 7.89. The number of carbonyl (C=O) groups is 2. The molecule has 1 aliphatic heterocycles. The van der Waals surface area contributed by atoms with Crippen LogP contribution in [0.5, 0.6) is 0 Å². The molecule has 1 saturated heterocycles. The average Bonchev–Trinajstić information content (AvgIpc) is 2.77. The summed E-state index contributed by atoms with van der Waals surface area (Å²) >= 11 is 0. The summed E-state index contributed by atoms with van der Waals surface area (Å²) < 4.78 is 40.3. The van der Waals surface area contributed by atoms with Crippen LogP contribution >= 0.6 is 0 Å². The summed E-state index contributed by atoms with van der Waals surface area (Å²) in [6, 6.07) is 11.0. The van der Waals surface area contributed by atoms with E-state index in [0.29, 0.717) is 0 Å². The molecule has 1 aliphatic rings. The monoisotopic (exact) mass is 461 g/mol. The lowest BCUT2D eigenvalue weighted by Gasteiger charge is -2.36. The smallest absolute Gasteiger partial charge is 0.251 e. The van der Waals surface area contributed by atoms with Gasteiger partial charge in [-0.3, -0.25) is 9.59 Å². The van der Waals surface area contributed by atoms with Crippen molar-refractivity contribution in [3.8, 4) is 0 Å². The molecule has 0 spiro atoms. The molecular weight excluding hydrogens is 433 g/mol. The number of nitrogens with one attached hydrogen (secondary N) is 1. The number of benzene rings is 2. The van der Waals surface area contributed by atoms with E-state index in [9.17, 15) is 22.4 Å². The van der Waals surface area contributed by atoms with Crippen molar-refractivity contribution in [2.24, 2.45) is 5.92 Å². The third kappa shape index (κ3) is 5.34. The Hall–Kier alpha value is -2.78. The molecule has 2 aromatic carbocycles. The number of amides is 2. The van der Waals surface area contributed by atoms with Crippen LogP contribution in [0.2, 0.25) is 0 Å². The van der Waals surface area contributed by atoms with E-state index in [0.717, 1.165) is 5.56 Å². The van der Waals surface area contributed by atoms with E-state index >= 15 is 0 Å². The van der Waals surface area contributed by atoms with Gasteiger partial charge in [0, 0.05) is 31.7 Å². The minimum Gasteiger partial charge on any atom is -0.340 e. The van der Waals surface area contributed by atoms with E-state index in [1.165, 1.54) is 28.6 Å². The van der Waals surface area contributed by atoms with Crippen LogP contribution in [0.1, 0.15) is 29.8 Å². The molecule has 1 N–H and O–H groups in total. The molecular formula is C23H28FN3O4S. The Labute approximate surface area is 188 Å². The van der Waals surface area contributed by atoms with Crippen LogP contribution in [-0.4, -0.2) is 61.7 Å². The number of hydrogen-bond donors (Lipinski definition) is 1. The van der Waals surface area contributed by atoms with Crippen molar-refractivity contribution in [1.82, 2.24) is 14.5 Å². The lowest BCUT2D eigenvalue weighted by atomic mass is 10.0. The maximum atomic E-state index is 13.1. The van der Waals surface area contributed by atoms with Crippen LogP contribution in [0.15, 0.2) is 53.4 Å². The van der Waals surface area contributed by atoms with Crippen molar-refractivity contribution in [1.29, 1.82) is 0 Å². The molecule has 9 heteroatoms. The predicted octanol–water partition coefficient (Wildman–Crippen LogP) is 2.42. The van der Waals surface area contributed by atoms with Gasteiger partial charge in [-0.25, -0.2) is 12.8 Å². The van der Waals surface area contributed by atoms with Crippen LogP contribution in [0, 0.1) is 18.7 Å². The van der Waals surface area contributed by atoms with Gasteiger partial charge in [-0.15, -0.1) is 0 Å². The minimum absolute atomic E-state index is 0.179. The number of sulfonamides is 1. The summed E-state index contributed by atoms with van der Waals surface area (Å²) in [7, 11) is -3.63. The number of halogens is 1. The SMILES string of the molecule is Cc1ccc(S(=O)(=O)N2CCN(C(=O)[C@H](NC(=O)c3ccc(F)cc3)C(C)C)CC2)cc1. The first-order chi connectivity index (χ1) is 15.1. The molecule has 0 aromatic heterocycles. The first-order valence-corrected chi connectivity index (χ1v) is 12.0. The van der Waals surface area contributed by atoms with Crippen molar-refractivity contribution in [3.63, 3.8) is 0 Å². The van der Waals surface area contributed by atoms with Gasteiger partial charge in [0.2, 0.25) is 15.9 Å². The highest BCUT2D eigenvalue weighted by atomic mass is 32.2. The first-order valence-electron chi connectivity index (χ1n) is 10.5. The Kier molecular flexibility index (Phi) is 7.30. The fraction of sp³-hybridized carbons (Fsp3) is 0.391. The molecule has 0 unspecified atom stereocenters. The zero-order valence-electron chi connectivity index (χ0n) is 18.4. The summed E-state index contributed by atoms with van der Waals surface area (Å²) in [5, 5.41) is 2.74. The largest absolute Gasteiger partial charge is 0.340 e. The van der Waals surface area contributed by atoms with Crippen LogP contribution in [0.4, 0.5) is 4.39 Å². The lowest BCUT2D eigenvalue weighted by molar-refractivity contribution is -0.135. The topological polar surface area (TPSA) is 86.8 Å². The molecule has 1 atom stereocenters. The fourth-order valence-electron chi connectivity index (χ4n) is 3.54. The minimum atomic E-state index is -3.63. The average molecular weight is 462 g/mol. The second-order valence-corrected chi connectivity index (χ2v) is 10.2.